The van der Waals surface area contributed by atoms with Gasteiger partial charge in [-0.1, -0.05) is 0 Å². The van der Waals surface area contributed by atoms with Crippen LogP contribution in [0.15, 0.2) is 18.6 Å². The highest BCUT2D eigenvalue weighted by molar-refractivity contribution is 5.79. The van der Waals surface area contributed by atoms with Gasteiger partial charge in [0, 0.05) is 51.4 Å². The molecule has 22 heavy (non-hydrogen) atoms. The number of carbonyl (C=O) groups is 2. The summed E-state index contributed by atoms with van der Waals surface area (Å²) in [4.78, 5) is 35.0. The minimum atomic E-state index is -0.821. The number of piperidine rings is 1. The second kappa shape index (κ2) is 7.72. The fourth-order valence-electron chi connectivity index (χ4n) is 2.70. The van der Waals surface area contributed by atoms with Gasteiger partial charge in [0.2, 0.25) is 5.91 Å². The number of anilines is 1. The van der Waals surface area contributed by atoms with E-state index in [1.54, 1.807) is 30.5 Å². The molecule has 1 aromatic rings. The van der Waals surface area contributed by atoms with Crippen LogP contribution >= 0.6 is 0 Å². The van der Waals surface area contributed by atoms with Crippen molar-refractivity contribution in [1.82, 2.24) is 14.9 Å². The first kappa shape index (κ1) is 16.2. The Hall–Kier alpha value is -2.18. The van der Waals surface area contributed by atoms with E-state index in [1.807, 2.05) is 0 Å². The van der Waals surface area contributed by atoms with E-state index < -0.39 is 5.97 Å². The monoisotopic (exact) mass is 306 g/mol. The van der Waals surface area contributed by atoms with Crippen LogP contribution in [-0.4, -0.2) is 58.5 Å². The van der Waals surface area contributed by atoms with E-state index in [1.165, 1.54) is 0 Å². The van der Waals surface area contributed by atoms with E-state index in [0.29, 0.717) is 13.0 Å². The summed E-state index contributed by atoms with van der Waals surface area (Å²) >= 11 is 0. The van der Waals surface area contributed by atoms with Gasteiger partial charge in [-0.15, -0.1) is 0 Å². The molecule has 0 unspecified atom stereocenters. The lowest BCUT2D eigenvalue weighted by atomic mass is 9.95. The molecule has 1 fully saturated rings. The summed E-state index contributed by atoms with van der Waals surface area (Å²) in [6, 6.07) is 0. The topological polar surface area (TPSA) is 86.6 Å². The van der Waals surface area contributed by atoms with Gasteiger partial charge in [0.15, 0.2) is 0 Å². The van der Waals surface area contributed by atoms with Gasteiger partial charge in [-0.25, -0.2) is 4.98 Å². The Bertz CT molecular complexity index is 501. The fourth-order valence-corrected chi connectivity index (χ4v) is 2.70. The van der Waals surface area contributed by atoms with Crippen LogP contribution in [0.25, 0.3) is 0 Å². The van der Waals surface area contributed by atoms with Gasteiger partial charge in [0.05, 0.1) is 6.20 Å². The molecule has 7 nitrogen and oxygen atoms in total. The summed E-state index contributed by atoms with van der Waals surface area (Å²) in [6.07, 6.45) is 7.23. The van der Waals surface area contributed by atoms with Crippen LogP contribution in [0, 0.1) is 5.92 Å². The highest BCUT2D eigenvalue weighted by atomic mass is 16.4. The minimum Gasteiger partial charge on any atom is -0.481 e. The van der Waals surface area contributed by atoms with Gasteiger partial charge in [-0.3, -0.25) is 14.6 Å². The molecule has 0 spiro atoms. The summed E-state index contributed by atoms with van der Waals surface area (Å²) < 4.78 is 0. The predicted molar refractivity (Wildman–Crippen MR) is 81.5 cm³/mol. The van der Waals surface area contributed by atoms with Crippen molar-refractivity contribution in [3.8, 4) is 0 Å². The summed E-state index contributed by atoms with van der Waals surface area (Å²) in [5.41, 5.74) is 0. The fraction of sp³-hybridized carbons (Fsp3) is 0.600. The standard InChI is InChI=1S/C15H22N4O3/c1-18(8-2-3-14(20)21)15(22)12-4-9-19(10-5-12)13-11-16-6-7-17-13/h6-7,11-12H,2-5,8-10H2,1H3,(H,20,21). The van der Waals surface area contributed by atoms with Crippen molar-refractivity contribution in [2.24, 2.45) is 5.92 Å². The van der Waals surface area contributed by atoms with Gasteiger partial charge in [-0.2, -0.15) is 0 Å². The minimum absolute atomic E-state index is 0.0164. The highest BCUT2D eigenvalue weighted by Gasteiger charge is 2.27. The number of aromatic nitrogens is 2. The molecule has 1 amide bonds. The van der Waals surface area contributed by atoms with Gasteiger partial charge < -0.3 is 14.9 Å². The SMILES string of the molecule is CN(CCCC(=O)O)C(=O)C1CCN(c2cnccn2)CC1. The third-order valence-electron chi connectivity index (χ3n) is 3.98. The molecule has 0 bridgehead atoms. The van der Waals surface area contributed by atoms with E-state index in [4.69, 9.17) is 5.11 Å². The second-order valence-electron chi connectivity index (χ2n) is 5.58. The lowest BCUT2D eigenvalue weighted by Crippen LogP contribution is -2.41. The molecule has 0 aliphatic carbocycles. The van der Waals surface area contributed by atoms with Crippen molar-refractivity contribution in [2.45, 2.75) is 25.7 Å². The molecule has 7 heteroatoms. The van der Waals surface area contributed by atoms with Gasteiger partial charge in [0.1, 0.15) is 5.82 Å². The molecule has 2 rings (SSSR count). The number of hydrogen-bond donors (Lipinski definition) is 1. The van der Waals surface area contributed by atoms with Crippen molar-refractivity contribution in [2.75, 3.05) is 31.6 Å². The Morgan fingerprint density at radius 3 is 2.68 bits per heavy atom. The average Bonchev–Trinajstić information content (AvgIpc) is 2.54. The first-order chi connectivity index (χ1) is 10.6. The van der Waals surface area contributed by atoms with Crippen LogP contribution in [0.5, 0.6) is 0 Å². The van der Waals surface area contributed by atoms with Crippen LogP contribution in [-0.2, 0) is 9.59 Å². The van der Waals surface area contributed by atoms with Crippen molar-refractivity contribution in [3.63, 3.8) is 0 Å². The molecule has 1 saturated heterocycles. The summed E-state index contributed by atoms with van der Waals surface area (Å²) in [5.74, 6) is 0.160. The zero-order valence-electron chi connectivity index (χ0n) is 12.8. The van der Waals surface area contributed by atoms with E-state index in [0.717, 1.165) is 31.7 Å². The van der Waals surface area contributed by atoms with Crippen LogP contribution < -0.4 is 4.90 Å². The molecule has 1 aromatic heterocycles. The van der Waals surface area contributed by atoms with Crippen LogP contribution in [0.1, 0.15) is 25.7 Å². The molecule has 0 atom stereocenters. The molecule has 0 aromatic carbocycles. The van der Waals surface area contributed by atoms with E-state index in [9.17, 15) is 9.59 Å². The van der Waals surface area contributed by atoms with Crippen LogP contribution in [0.2, 0.25) is 0 Å². The Labute approximate surface area is 130 Å². The Kier molecular flexibility index (Phi) is 5.68. The Morgan fingerprint density at radius 2 is 2.09 bits per heavy atom. The quantitative estimate of drug-likeness (QED) is 0.844. The molecular formula is C15H22N4O3. The predicted octanol–water partition coefficient (Wildman–Crippen LogP) is 1.02. The maximum atomic E-state index is 12.3. The van der Waals surface area contributed by atoms with E-state index in [-0.39, 0.29) is 18.2 Å². The lowest BCUT2D eigenvalue weighted by Gasteiger charge is -2.33. The zero-order valence-corrected chi connectivity index (χ0v) is 12.8. The third-order valence-corrected chi connectivity index (χ3v) is 3.98. The van der Waals surface area contributed by atoms with Crippen molar-refractivity contribution in [3.05, 3.63) is 18.6 Å². The average molecular weight is 306 g/mol. The van der Waals surface area contributed by atoms with Crippen LogP contribution in [0.3, 0.4) is 0 Å². The van der Waals surface area contributed by atoms with E-state index in [2.05, 4.69) is 14.9 Å². The molecule has 1 N–H and O–H groups in total. The molecule has 2 heterocycles. The molecule has 120 valence electrons. The maximum absolute atomic E-state index is 12.3. The van der Waals surface area contributed by atoms with Gasteiger partial charge in [0.25, 0.3) is 0 Å². The normalized spacial score (nSPS) is 15.6. The second-order valence-corrected chi connectivity index (χ2v) is 5.58. The first-order valence-electron chi connectivity index (χ1n) is 7.55. The number of aliphatic carboxylic acids is 1. The number of carboxylic acids is 1. The highest BCUT2D eigenvalue weighted by Crippen LogP contribution is 2.22. The lowest BCUT2D eigenvalue weighted by molar-refractivity contribution is -0.139. The number of carbonyl (C=O) groups excluding carboxylic acids is 1. The van der Waals surface area contributed by atoms with Crippen molar-refractivity contribution >= 4 is 17.7 Å². The van der Waals surface area contributed by atoms with Crippen molar-refractivity contribution in [1.29, 1.82) is 0 Å². The Balaban J connectivity index is 1.78. The number of nitrogens with zero attached hydrogens (tertiary/aromatic N) is 4. The number of rotatable bonds is 6. The molecule has 0 radical (unpaired) electrons. The third kappa shape index (κ3) is 4.41. The number of carboxylic acid groups (broad SMARTS) is 1. The maximum Gasteiger partial charge on any atom is 0.303 e. The van der Waals surface area contributed by atoms with Crippen LogP contribution in [0.4, 0.5) is 5.82 Å². The Morgan fingerprint density at radius 1 is 1.36 bits per heavy atom. The summed E-state index contributed by atoms with van der Waals surface area (Å²) in [6.45, 7) is 2.08. The number of hydrogen-bond acceptors (Lipinski definition) is 5. The largest absolute Gasteiger partial charge is 0.481 e. The van der Waals surface area contributed by atoms with Crippen molar-refractivity contribution < 1.29 is 14.7 Å². The first-order valence-corrected chi connectivity index (χ1v) is 7.55. The molecule has 1 aliphatic rings. The zero-order chi connectivity index (χ0) is 15.9. The summed E-state index contributed by atoms with van der Waals surface area (Å²) in [5, 5.41) is 8.63. The van der Waals surface area contributed by atoms with Gasteiger partial charge in [-0.05, 0) is 19.3 Å². The van der Waals surface area contributed by atoms with E-state index >= 15 is 0 Å². The molecule has 0 saturated carbocycles. The smallest absolute Gasteiger partial charge is 0.303 e. The summed E-state index contributed by atoms with van der Waals surface area (Å²) in [7, 11) is 1.75. The molecule has 1 aliphatic heterocycles. The van der Waals surface area contributed by atoms with Gasteiger partial charge >= 0.3 is 5.97 Å². The number of amides is 1. The molecular weight excluding hydrogens is 284 g/mol.